The van der Waals surface area contributed by atoms with Crippen molar-refractivity contribution < 1.29 is 14.3 Å². The minimum atomic E-state index is -0.00837. The molecule has 1 amide bonds. The predicted molar refractivity (Wildman–Crippen MR) is 79.3 cm³/mol. The Morgan fingerprint density at radius 2 is 1.90 bits per heavy atom. The van der Waals surface area contributed by atoms with Crippen LogP contribution in [-0.2, 0) is 4.79 Å². The van der Waals surface area contributed by atoms with E-state index < -0.39 is 0 Å². The van der Waals surface area contributed by atoms with Gasteiger partial charge in [-0.3, -0.25) is 4.79 Å². The lowest BCUT2D eigenvalue weighted by molar-refractivity contribution is -0.118. The zero-order valence-corrected chi connectivity index (χ0v) is 12.7. The van der Waals surface area contributed by atoms with Gasteiger partial charge < -0.3 is 20.1 Å². The van der Waals surface area contributed by atoms with E-state index in [2.05, 4.69) is 17.6 Å². The summed E-state index contributed by atoms with van der Waals surface area (Å²) >= 11 is 0. The van der Waals surface area contributed by atoms with Crippen LogP contribution in [-0.4, -0.2) is 33.2 Å². The van der Waals surface area contributed by atoms with Crippen LogP contribution in [0.4, 0.5) is 0 Å². The van der Waals surface area contributed by atoms with Crippen molar-refractivity contribution in [2.45, 2.75) is 26.3 Å². The summed E-state index contributed by atoms with van der Waals surface area (Å²) in [5.74, 6) is 1.45. The van der Waals surface area contributed by atoms with Gasteiger partial charge in [0.1, 0.15) is 0 Å². The van der Waals surface area contributed by atoms with Crippen LogP contribution in [0.15, 0.2) is 18.2 Å². The average molecular weight is 280 g/mol. The lowest BCUT2D eigenvalue weighted by Crippen LogP contribution is -2.32. The van der Waals surface area contributed by atoms with Crippen LogP contribution in [0.2, 0.25) is 0 Å². The van der Waals surface area contributed by atoms with Crippen molar-refractivity contribution in [2.24, 2.45) is 0 Å². The first kappa shape index (κ1) is 16.3. The monoisotopic (exact) mass is 280 g/mol. The van der Waals surface area contributed by atoms with Crippen LogP contribution < -0.4 is 20.1 Å². The molecule has 0 aliphatic heterocycles. The molecule has 5 heteroatoms. The molecule has 0 aromatic heterocycles. The molecule has 1 aromatic carbocycles. The first-order chi connectivity index (χ1) is 9.62. The fraction of sp³-hybridized carbons (Fsp3) is 0.533. The molecule has 0 fully saturated rings. The smallest absolute Gasteiger partial charge is 0.216 e. The van der Waals surface area contributed by atoms with Crippen LogP contribution in [0.3, 0.4) is 0 Å². The Morgan fingerprint density at radius 1 is 1.20 bits per heavy atom. The lowest BCUT2D eigenvalue weighted by atomic mass is 10.0. The lowest BCUT2D eigenvalue weighted by Gasteiger charge is -2.19. The third kappa shape index (κ3) is 4.74. The molecule has 0 spiro atoms. The molecule has 20 heavy (non-hydrogen) atoms. The molecule has 5 nitrogen and oxygen atoms in total. The van der Waals surface area contributed by atoms with Gasteiger partial charge in [0.15, 0.2) is 11.5 Å². The van der Waals surface area contributed by atoms with Crippen LogP contribution in [0.25, 0.3) is 0 Å². The minimum Gasteiger partial charge on any atom is -0.493 e. The Labute approximate surface area is 120 Å². The van der Waals surface area contributed by atoms with Gasteiger partial charge in [0.2, 0.25) is 5.91 Å². The van der Waals surface area contributed by atoms with Gasteiger partial charge in [0, 0.05) is 26.1 Å². The minimum absolute atomic E-state index is 0.00837. The highest BCUT2D eigenvalue weighted by atomic mass is 16.5. The maximum atomic E-state index is 10.8. The van der Waals surface area contributed by atoms with Crippen molar-refractivity contribution in [1.29, 1.82) is 0 Å². The molecular weight excluding hydrogens is 256 g/mol. The zero-order valence-electron chi connectivity index (χ0n) is 12.7. The molecule has 0 saturated heterocycles. The normalized spacial score (nSPS) is 11.8. The predicted octanol–water partition coefficient (Wildman–Crippen LogP) is 1.88. The molecule has 0 saturated carbocycles. The van der Waals surface area contributed by atoms with Gasteiger partial charge in [0.25, 0.3) is 0 Å². The van der Waals surface area contributed by atoms with Crippen LogP contribution in [0.5, 0.6) is 11.5 Å². The average Bonchev–Trinajstić information content (AvgIpc) is 2.46. The first-order valence-electron chi connectivity index (χ1n) is 6.82. The van der Waals surface area contributed by atoms with Gasteiger partial charge in [-0.05, 0) is 24.1 Å². The van der Waals surface area contributed by atoms with E-state index in [1.165, 1.54) is 6.92 Å². The number of amides is 1. The van der Waals surface area contributed by atoms with E-state index in [-0.39, 0.29) is 11.9 Å². The highest BCUT2D eigenvalue weighted by Gasteiger charge is 2.12. The van der Waals surface area contributed by atoms with Crippen LogP contribution in [0.1, 0.15) is 31.9 Å². The first-order valence-corrected chi connectivity index (χ1v) is 6.82. The third-order valence-corrected chi connectivity index (χ3v) is 3.11. The molecule has 1 unspecified atom stereocenters. The van der Waals surface area contributed by atoms with Gasteiger partial charge in [0.05, 0.1) is 14.2 Å². The Kier molecular flexibility index (Phi) is 6.87. The molecule has 0 heterocycles. The van der Waals surface area contributed by atoms with Crippen LogP contribution in [0, 0.1) is 0 Å². The number of ether oxygens (including phenoxy) is 2. The number of rotatable bonds is 8. The second kappa shape index (κ2) is 8.43. The largest absolute Gasteiger partial charge is 0.493 e. The molecule has 1 atom stereocenters. The summed E-state index contributed by atoms with van der Waals surface area (Å²) in [4.78, 5) is 10.8. The SMILES string of the molecule is CCC(NCCNC(C)=O)c1ccc(OC)c(OC)c1. The van der Waals surface area contributed by atoms with E-state index >= 15 is 0 Å². The van der Waals surface area contributed by atoms with Crippen LogP contribution >= 0.6 is 0 Å². The van der Waals surface area contributed by atoms with Gasteiger partial charge in [-0.15, -0.1) is 0 Å². The van der Waals surface area contributed by atoms with E-state index in [4.69, 9.17) is 9.47 Å². The Morgan fingerprint density at radius 3 is 2.45 bits per heavy atom. The number of benzene rings is 1. The summed E-state index contributed by atoms with van der Waals surface area (Å²) in [6.45, 7) is 4.99. The summed E-state index contributed by atoms with van der Waals surface area (Å²) in [6.07, 6.45) is 0.954. The van der Waals surface area contributed by atoms with Crippen molar-refractivity contribution in [3.63, 3.8) is 0 Å². The van der Waals surface area contributed by atoms with E-state index in [1.54, 1.807) is 14.2 Å². The van der Waals surface area contributed by atoms with Crippen molar-refractivity contribution in [3.8, 4) is 11.5 Å². The van der Waals surface area contributed by atoms with Crippen molar-refractivity contribution in [3.05, 3.63) is 23.8 Å². The summed E-state index contributed by atoms with van der Waals surface area (Å²) in [7, 11) is 3.26. The summed E-state index contributed by atoms with van der Waals surface area (Å²) in [5.41, 5.74) is 1.15. The van der Waals surface area contributed by atoms with Gasteiger partial charge >= 0.3 is 0 Å². The number of methoxy groups -OCH3 is 2. The summed E-state index contributed by atoms with van der Waals surface area (Å²) in [5, 5.41) is 6.19. The second-order valence-electron chi connectivity index (χ2n) is 4.51. The molecule has 0 bridgehead atoms. The van der Waals surface area contributed by atoms with Crippen molar-refractivity contribution in [2.75, 3.05) is 27.3 Å². The fourth-order valence-electron chi connectivity index (χ4n) is 2.05. The van der Waals surface area contributed by atoms with E-state index in [0.29, 0.717) is 6.54 Å². The second-order valence-corrected chi connectivity index (χ2v) is 4.51. The highest BCUT2D eigenvalue weighted by molar-refractivity contribution is 5.72. The number of nitrogens with one attached hydrogen (secondary N) is 2. The maximum absolute atomic E-state index is 10.8. The summed E-state index contributed by atoms with van der Waals surface area (Å²) in [6, 6.07) is 6.15. The number of hydrogen-bond donors (Lipinski definition) is 2. The van der Waals surface area contributed by atoms with Gasteiger partial charge in [-0.25, -0.2) is 0 Å². The molecule has 0 aliphatic carbocycles. The molecule has 112 valence electrons. The van der Waals surface area contributed by atoms with Gasteiger partial charge in [-0.2, -0.15) is 0 Å². The number of hydrogen-bond acceptors (Lipinski definition) is 4. The molecular formula is C15H24N2O3. The van der Waals surface area contributed by atoms with E-state index in [0.717, 1.165) is 30.0 Å². The quantitative estimate of drug-likeness (QED) is 0.714. The topological polar surface area (TPSA) is 59.6 Å². The van der Waals surface area contributed by atoms with E-state index in [9.17, 15) is 4.79 Å². The molecule has 0 radical (unpaired) electrons. The molecule has 1 rings (SSSR count). The molecule has 0 aliphatic rings. The van der Waals surface area contributed by atoms with E-state index in [1.807, 2.05) is 18.2 Å². The fourth-order valence-corrected chi connectivity index (χ4v) is 2.05. The standard InChI is InChI=1S/C15H24N2O3/c1-5-13(17-9-8-16-11(2)18)12-6-7-14(19-3)15(10-12)20-4/h6-7,10,13,17H,5,8-9H2,1-4H3,(H,16,18). The Balaban J connectivity index is 2.67. The summed E-state index contributed by atoms with van der Waals surface area (Å²) < 4.78 is 10.6. The number of carbonyl (C=O) groups excluding carboxylic acids is 1. The van der Waals surface area contributed by atoms with Crippen molar-refractivity contribution in [1.82, 2.24) is 10.6 Å². The Hall–Kier alpha value is -1.75. The Bertz CT molecular complexity index is 435. The maximum Gasteiger partial charge on any atom is 0.216 e. The molecule has 2 N–H and O–H groups in total. The molecule has 1 aromatic rings. The third-order valence-electron chi connectivity index (χ3n) is 3.11. The van der Waals surface area contributed by atoms with Gasteiger partial charge in [-0.1, -0.05) is 13.0 Å². The highest BCUT2D eigenvalue weighted by Crippen LogP contribution is 2.30. The zero-order chi connectivity index (χ0) is 15.0. The number of carbonyl (C=O) groups is 1. The van der Waals surface area contributed by atoms with Crippen molar-refractivity contribution >= 4 is 5.91 Å².